The van der Waals surface area contributed by atoms with Gasteiger partial charge in [-0.05, 0) is 48.5 Å². The fourth-order valence-electron chi connectivity index (χ4n) is 2.85. The van der Waals surface area contributed by atoms with Gasteiger partial charge in [0.1, 0.15) is 11.5 Å². The number of anilines is 2. The van der Waals surface area contributed by atoms with E-state index in [0.29, 0.717) is 24.2 Å². The van der Waals surface area contributed by atoms with Gasteiger partial charge in [0.15, 0.2) is 5.78 Å². The summed E-state index contributed by atoms with van der Waals surface area (Å²) < 4.78 is 5.08. The first-order valence-corrected chi connectivity index (χ1v) is 8.64. The molecule has 0 aromatic heterocycles. The number of nitrogens with one attached hydrogen (secondary N) is 1. The van der Waals surface area contributed by atoms with E-state index in [-0.39, 0.29) is 5.78 Å². The third kappa shape index (κ3) is 4.51. The van der Waals surface area contributed by atoms with Crippen molar-refractivity contribution in [3.63, 3.8) is 0 Å². The molecule has 0 aliphatic carbocycles. The minimum Gasteiger partial charge on any atom is -0.497 e. The van der Waals surface area contributed by atoms with Gasteiger partial charge in [-0.1, -0.05) is 0 Å². The van der Waals surface area contributed by atoms with Gasteiger partial charge in [0.05, 0.1) is 7.11 Å². The van der Waals surface area contributed by atoms with Crippen molar-refractivity contribution < 1.29 is 14.3 Å². The Balaban J connectivity index is 1.54. The first-order chi connectivity index (χ1) is 12.7. The second-order valence-corrected chi connectivity index (χ2v) is 6.14. The Morgan fingerprint density at radius 3 is 2.31 bits per heavy atom. The lowest BCUT2D eigenvalue weighted by atomic mass is 10.1. The van der Waals surface area contributed by atoms with Gasteiger partial charge in [-0.2, -0.15) is 0 Å². The molecular weight excluding hydrogens is 328 g/mol. The number of carbonyl (C=O) groups is 2. The highest BCUT2D eigenvalue weighted by Crippen LogP contribution is 2.21. The molecule has 1 aliphatic rings. The Morgan fingerprint density at radius 2 is 1.69 bits per heavy atom. The monoisotopic (exact) mass is 350 g/mol. The molecule has 2 aromatic rings. The van der Waals surface area contributed by atoms with Crippen LogP contribution in [0.2, 0.25) is 0 Å². The number of allylic oxidation sites excluding steroid dienone is 1. The van der Waals surface area contributed by atoms with Crippen molar-refractivity contribution >= 4 is 22.9 Å². The predicted molar refractivity (Wildman–Crippen MR) is 103 cm³/mol. The maximum atomic E-state index is 12.1. The average Bonchev–Trinajstić information content (AvgIpc) is 2.69. The summed E-state index contributed by atoms with van der Waals surface area (Å²) in [4.78, 5) is 25.7. The SMILES string of the molecule is COc1ccc(C(=O)/C=C/Nc2ccc(N3CCC(=O)CC3)cc2)cc1. The zero-order valence-corrected chi connectivity index (χ0v) is 14.8. The number of methoxy groups -OCH3 is 1. The summed E-state index contributed by atoms with van der Waals surface area (Å²) in [5, 5.41) is 3.11. The summed E-state index contributed by atoms with van der Waals surface area (Å²) in [6.07, 6.45) is 4.39. The number of piperidine rings is 1. The van der Waals surface area contributed by atoms with Gasteiger partial charge in [-0.25, -0.2) is 0 Å². The van der Waals surface area contributed by atoms with E-state index in [2.05, 4.69) is 10.2 Å². The number of nitrogens with zero attached hydrogens (tertiary/aromatic N) is 1. The molecule has 1 aliphatic heterocycles. The maximum absolute atomic E-state index is 12.1. The second-order valence-electron chi connectivity index (χ2n) is 6.14. The molecule has 0 radical (unpaired) electrons. The molecule has 0 amide bonds. The summed E-state index contributed by atoms with van der Waals surface area (Å²) in [7, 11) is 1.59. The Hall–Kier alpha value is -3.08. The minimum atomic E-state index is -0.0743. The van der Waals surface area contributed by atoms with Gasteiger partial charge in [0.2, 0.25) is 0 Å². The topological polar surface area (TPSA) is 58.6 Å². The number of ether oxygens (including phenoxy) is 1. The van der Waals surface area contributed by atoms with Crippen LogP contribution in [-0.2, 0) is 4.79 Å². The van der Waals surface area contributed by atoms with Crippen molar-refractivity contribution in [2.75, 3.05) is 30.4 Å². The molecule has 0 bridgehead atoms. The number of rotatable bonds is 6. The first-order valence-electron chi connectivity index (χ1n) is 8.64. The van der Waals surface area contributed by atoms with Crippen molar-refractivity contribution in [1.82, 2.24) is 0 Å². The fraction of sp³-hybridized carbons (Fsp3) is 0.238. The molecule has 0 spiro atoms. The Kier molecular flexibility index (Phi) is 5.69. The van der Waals surface area contributed by atoms with Crippen molar-refractivity contribution in [3.05, 3.63) is 66.4 Å². The van der Waals surface area contributed by atoms with Crippen LogP contribution in [0.15, 0.2) is 60.8 Å². The molecule has 0 atom stereocenters. The van der Waals surface area contributed by atoms with Gasteiger partial charge in [-0.3, -0.25) is 9.59 Å². The number of benzene rings is 2. The highest BCUT2D eigenvalue weighted by molar-refractivity contribution is 6.04. The number of Topliss-reactive ketones (excluding diaryl/α,β-unsaturated/α-hetero) is 1. The molecule has 0 saturated carbocycles. The third-order valence-electron chi connectivity index (χ3n) is 4.41. The summed E-state index contributed by atoms with van der Waals surface area (Å²) >= 11 is 0. The molecule has 1 saturated heterocycles. The van der Waals surface area contributed by atoms with Crippen molar-refractivity contribution in [3.8, 4) is 5.75 Å². The zero-order valence-electron chi connectivity index (χ0n) is 14.8. The number of hydrogen-bond donors (Lipinski definition) is 1. The van der Waals surface area contributed by atoms with E-state index in [1.807, 2.05) is 24.3 Å². The highest BCUT2D eigenvalue weighted by Gasteiger charge is 2.16. The van der Waals surface area contributed by atoms with E-state index in [4.69, 9.17) is 4.74 Å². The van der Waals surface area contributed by atoms with Crippen LogP contribution in [0.5, 0.6) is 5.75 Å². The summed E-state index contributed by atoms with van der Waals surface area (Å²) in [5.74, 6) is 0.989. The largest absolute Gasteiger partial charge is 0.497 e. The van der Waals surface area contributed by atoms with Crippen LogP contribution in [0.25, 0.3) is 0 Å². The van der Waals surface area contributed by atoms with E-state index < -0.39 is 0 Å². The fourth-order valence-corrected chi connectivity index (χ4v) is 2.85. The van der Waals surface area contributed by atoms with Crippen LogP contribution in [0.1, 0.15) is 23.2 Å². The predicted octanol–water partition coefficient (Wildman–Crippen LogP) is 3.67. The maximum Gasteiger partial charge on any atom is 0.187 e. The van der Waals surface area contributed by atoms with E-state index in [9.17, 15) is 9.59 Å². The molecule has 5 heteroatoms. The number of carbonyl (C=O) groups excluding carboxylic acids is 2. The van der Waals surface area contributed by atoms with Gasteiger partial charge in [0.25, 0.3) is 0 Å². The van der Waals surface area contributed by atoms with E-state index in [1.54, 1.807) is 37.6 Å². The van der Waals surface area contributed by atoms with Crippen LogP contribution < -0.4 is 15.0 Å². The molecule has 0 unspecified atom stereocenters. The molecular formula is C21H22N2O3. The summed E-state index contributed by atoms with van der Waals surface area (Å²) in [6.45, 7) is 1.56. The third-order valence-corrected chi connectivity index (χ3v) is 4.41. The zero-order chi connectivity index (χ0) is 18.4. The van der Waals surface area contributed by atoms with Crippen LogP contribution in [0, 0.1) is 0 Å². The summed E-state index contributed by atoms with van der Waals surface area (Å²) in [6, 6.07) is 15.0. The molecule has 5 nitrogen and oxygen atoms in total. The van der Waals surface area contributed by atoms with Crippen LogP contribution in [-0.4, -0.2) is 31.8 Å². The standard InChI is InChI=1S/C21H22N2O3/c1-26-20-8-2-16(3-9-20)21(25)10-13-22-17-4-6-18(7-5-17)23-14-11-19(24)12-15-23/h2-10,13,22H,11-12,14-15H2,1H3/b13-10+. The van der Waals surface area contributed by atoms with Crippen LogP contribution >= 0.6 is 0 Å². The Morgan fingerprint density at radius 1 is 1.04 bits per heavy atom. The molecule has 3 rings (SSSR count). The van der Waals surface area contributed by atoms with E-state index in [1.165, 1.54) is 6.08 Å². The van der Waals surface area contributed by atoms with Crippen LogP contribution in [0.4, 0.5) is 11.4 Å². The number of ketones is 2. The molecule has 26 heavy (non-hydrogen) atoms. The molecule has 2 aromatic carbocycles. The Bertz CT molecular complexity index is 785. The van der Waals surface area contributed by atoms with Crippen molar-refractivity contribution in [2.24, 2.45) is 0 Å². The van der Waals surface area contributed by atoms with Gasteiger partial charge in [0, 0.05) is 55.1 Å². The normalized spacial score (nSPS) is 14.5. The van der Waals surface area contributed by atoms with Gasteiger partial charge in [-0.15, -0.1) is 0 Å². The number of hydrogen-bond acceptors (Lipinski definition) is 5. The molecule has 134 valence electrons. The van der Waals surface area contributed by atoms with Crippen molar-refractivity contribution in [1.29, 1.82) is 0 Å². The minimum absolute atomic E-state index is 0.0743. The van der Waals surface area contributed by atoms with Crippen molar-refractivity contribution in [2.45, 2.75) is 12.8 Å². The van der Waals surface area contributed by atoms with Gasteiger partial charge >= 0.3 is 0 Å². The molecule has 1 N–H and O–H groups in total. The smallest absolute Gasteiger partial charge is 0.187 e. The lowest BCUT2D eigenvalue weighted by Gasteiger charge is -2.28. The lowest BCUT2D eigenvalue weighted by molar-refractivity contribution is -0.119. The quantitative estimate of drug-likeness (QED) is 0.636. The second kappa shape index (κ2) is 8.34. The highest BCUT2D eigenvalue weighted by atomic mass is 16.5. The van der Waals surface area contributed by atoms with E-state index in [0.717, 1.165) is 30.2 Å². The Labute approximate surface area is 153 Å². The summed E-state index contributed by atoms with van der Waals surface area (Å²) in [5.41, 5.74) is 2.63. The lowest BCUT2D eigenvalue weighted by Crippen LogP contribution is -2.33. The average molecular weight is 350 g/mol. The van der Waals surface area contributed by atoms with Crippen LogP contribution in [0.3, 0.4) is 0 Å². The molecule has 1 fully saturated rings. The first kappa shape index (κ1) is 17.7. The molecule has 1 heterocycles. The van der Waals surface area contributed by atoms with Gasteiger partial charge < -0.3 is 15.0 Å². The van der Waals surface area contributed by atoms with E-state index >= 15 is 0 Å².